The van der Waals surface area contributed by atoms with Gasteiger partial charge in [0.25, 0.3) is 0 Å². The van der Waals surface area contributed by atoms with Crippen molar-refractivity contribution < 1.29 is 14.9 Å². The van der Waals surface area contributed by atoms with Crippen molar-refractivity contribution >= 4 is 40.4 Å². The number of aromatic nitrogens is 2. The summed E-state index contributed by atoms with van der Waals surface area (Å²) in [5.41, 5.74) is 3.71. The Bertz CT molecular complexity index is 1300. The van der Waals surface area contributed by atoms with E-state index in [4.69, 9.17) is 17.7 Å². The van der Waals surface area contributed by atoms with Crippen molar-refractivity contribution in [2.24, 2.45) is 0 Å². The summed E-state index contributed by atoms with van der Waals surface area (Å²) in [7, 11) is 0. The van der Waals surface area contributed by atoms with Gasteiger partial charge < -0.3 is 30.9 Å². The van der Waals surface area contributed by atoms with E-state index in [0.29, 0.717) is 35.8 Å². The topological polar surface area (TPSA) is 86.4 Å². The van der Waals surface area contributed by atoms with E-state index < -0.39 is 13.1 Å². The lowest BCUT2D eigenvalue weighted by Gasteiger charge is -2.35. The van der Waals surface area contributed by atoms with Crippen LogP contribution < -0.4 is 30.9 Å². The molecule has 2 fully saturated rings. The van der Waals surface area contributed by atoms with Gasteiger partial charge in [0.05, 0.1) is 11.9 Å². The van der Waals surface area contributed by atoms with Gasteiger partial charge in [-0.15, -0.1) is 0 Å². The maximum Gasteiger partial charge on any atom is 0.387 e. The Kier molecular flexibility index (Phi) is 5.92. The molecule has 0 aliphatic carbocycles. The highest BCUT2D eigenvalue weighted by Crippen LogP contribution is 2.36. The van der Waals surface area contributed by atoms with Gasteiger partial charge in [0.2, 0.25) is 5.95 Å². The molecule has 0 radical (unpaired) electrons. The lowest BCUT2D eigenvalue weighted by atomic mass is 10.1. The summed E-state index contributed by atoms with van der Waals surface area (Å²) >= 11 is 6.36. The molecule has 4 N–H and O–H groups in total. The van der Waals surface area contributed by atoms with Crippen LogP contribution in [0.2, 0.25) is 5.02 Å². The molecule has 2 bridgehead atoms. The number of ether oxygens (including phenoxy) is 1. The van der Waals surface area contributed by atoms with Crippen molar-refractivity contribution in [2.45, 2.75) is 44.6 Å². The highest BCUT2D eigenvalue weighted by molar-refractivity contribution is 6.32. The molecule has 0 amide bonds. The molecule has 1 unspecified atom stereocenters. The minimum atomic E-state index is -2.98. The molecule has 4 heterocycles. The number of nitrogens with one attached hydrogen (secondary N) is 4. The molecule has 36 heavy (non-hydrogen) atoms. The average Bonchev–Trinajstić information content (AvgIpc) is 3.43. The lowest BCUT2D eigenvalue weighted by Crippen LogP contribution is -2.51. The number of nitrogens with zero attached hydrogens (tertiary/aromatic N) is 3. The molecule has 3 aliphatic rings. The zero-order chi connectivity index (χ0) is 25.5. The summed E-state index contributed by atoms with van der Waals surface area (Å²) in [5, 5.41) is 13.1. The number of fused-ring (bicyclic) bond motifs is 3. The number of halogens is 3. The summed E-state index contributed by atoms with van der Waals surface area (Å²) in [6, 6.07) is 11.8. The zero-order valence-corrected chi connectivity index (χ0v) is 20.0. The fourth-order valence-corrected chi connectivity index (χ4v) is 5.22. The maximum atomic E-state index is 13.3. The van der Waals surface area contributed by atoms with Gasteiger partial charge >= 0.3 is 6.61 Å². The summed E-state index contributed by atoms with van der Waals surface area (Å²) < 4.78 is 39.7. The van der Waals surface area contributed by atoms with Crippen LogP contribution in [0.15, 0.2) is 42.6 Å². The predicted molar refractivity (Wildman–Crippen MR) is 136 cm³/mol. The predicted octanol–water partition coefficient (Wildman–Crippen LogP) is 4.76. The van der Waals surface area contributed by atoms with Crippen LogP contribution in [0.5, 0.6) is 5.75 Å². The van der Waals surface area contributed by atoms with Crippen LogP contribution in [0, 0.1) is 0 Å². The van der Waals surface area contributed by atoms with Crippen LogP contribution in [-0.4, -0.2) is 41.8 Å². The van der Waals surface area contributed by atoms with Crippen LogP contribution >= 0.6 is 11.6 Å². The van der Waals surface area contributed by atoms with Crippen molar-refractivity contribution in [1.29, 1.82) is 0 Å². The number of benzene rings is 2. The Morgan fingerprint density at radius 2 is 1.97 bits per heavy atom. The van der Waals surface area contributed by atoms with Crippen molar-refractivity contribution in [3.8, 4) is 5.75 Å². The largest absolute Gasteiger partial charge is 0.433 e. The molecule has 2 saturated heterocycles. The molecule has 11 heteroatoms. The van der Waals surface area contributed by atoms with E-state index in [1.807, 2.05) is 24.3 Å². The molecule has 188 valence electrons. The first-order valence-electron chi connectivity index (χ1n) is 12.4. The first kappa shape index (κ1) is 22.0. The second-order valence-electron chi connectivity index (χ2n) is 9.15. The number of hydrogen-bond donors (Lipinski definition) is 4. The van der Waals surface area contributed by atoms with Crippen molar-refractivity contribution in [3.05, 3.63) is 58.7 Å². The van der Waals surface area contributed by atoms with E-state index in [-0.39, 0.29) is 16.7 Å². The van der Waals surface area contributed by atoms with Gasteiger partial charge in [-0.05, 0) is 42.2 Å². The van der Waals surface area contributed by atoms with Gasteiger partial charge in [-0.3, -0.25) is 0 Å². The third-order valence-corrected chi connectivity index (χ3v) is 7.02. The molecule has 8 nitrogen and oxygen atoms in total. The molecule has 6 rings (SSSR count). The second kappa shape index (κ2) is 9.68. The molecule has 0 saturated carbocycles. The van der Waals surface area contributed by atoms with Gasteiger partial charge in [0, 0.05) is 57.1 Å². The quantitative estimate of drug-likeness (QED) is 0.359. The van der Waals surface area contributed by atoms with E-state index in [1.54, 1.807) is 12.1 Å². The first-order chi connectivity index (χ1) is 17.9. The molecule has 2 aromatic carbocycles. The van der Waals surface area contributed by atoms with E-state index >= 15 is 0 Å². The molecular formula is C25H26ClF2N7O. The maximum absolute atomic E-state index is 13.3. The van der Waals surface area contributed by atoms with Gasteiger partial charge in [0.1, 0.15) is 5.02 Å². The van der Waals surface area contributed by atoms with Crippen LogP contribution in [0.3, 0.4) is 0 Å². The van der Waals surface area contributed by atoms with E-state index in [2.05, 4.69) is 36.1 Å². The number of hydrogen-bond acceptors (Lipinski definition) is 8. The molecule has 3 aliphatic heterocycles. The Morgan fingerprint density at radius 1 is 1.14 bits per heavy atom. The fourth-order valence-electron chi connectivity index (χ4n) is 5.08. The van der Waals surface area contributed by atoms with Gasteiger partial charge in [-0.1, -0.05) is 23.7 Å². The Labute approximate surface area is 213 Å². The fraction of sp³-hybridized carbons (Fsp3) is 0.360. The highest BCUT2D eigenvalue weighted by atomic mass is 35.5. The summed E-state index contributed by atoms with van der Waals surface area (Å²) in [6.45, 7) is -1.28. The van der Waals surface area contributed by atoms with E-state index in [1.165, 1.54) is 6.20 Å². The van der Waals surface area contributed by atoms with Crippen LogP contribution in [0.1, 0.15) is 25.3 Å². The van der Waals surface area contributed by atoms with Gasteiger partial charge in [-0.25, -0.2) is 4.98 Å². The average molecular weight is 515 g/mol. The normalized spacial score (nSPS) is 22.9. The monoisotopic (exact) mass is 514 g/mol. The standard InChI is InChI=1S/C25H26ClF2N7O/c26-19-11-30-25(34-23(19)32-20-3-1-2-14-9-29-10-18(14)20)33-21-7-6-17(8-22(21)36-24(27)28)35-12-15-4-5-16(13-35)31-15/h1-3,6-8,11,15-16,24,29,31H,4-5,9-10,12-13H2,(H2,30,32,33,34)/t15-,16+/i10D/t10?,15-,16+. The molecular weight excluding hydrogens is 488 g/mol. The molecule has 0 spiro atoms. The van der Waals surface area contributed by atoms with Gasteiger partial charge in [0.15, 0.2) is 11.6 Å². The summed E-state index contributed by atoms with van der Waals surface area (Å²) in [6.07, 6.45) is 3.67. The van der Waals surface area contributed by atoms with Crippen LogP contribution in [-0.2, 0) is 13.1 Å². The number of alkyl halides is 2. The van der Waals surface area contributed by atoms with Crippen molar-refractivity contribution in [3.63, 3.8) is 0 Å². The van der Waals surface area contributed by atoms with Crippen molar-refractivity contribution in [1.82, 2.24) is 20.6 Å². The number of anilines is 5. The third kappa shape index (κ3) is 4.76. The Morgan fingerprint density at radius 3 is 2.78 bits per heavy atom. The Balaban J connectivity index is 1.26. The number of piperazine rings is 1. The van der Waals surface area contributed by atoms with E-state index in [9.17, 15) is 8.78 Å². The molecule has 1 aromatic heterocycles. The van der Waals surface area contributed by atoms with E-state index in [0.717, 1.165) is 42.7 Å². The minimum absolute atomic E-state index is 0.00967. The smallest absolute Gasteiger partial charge is 0.387 e. The number of rotatable bonds is 7. The Hall–Kier alpha value is -3.21. The summed E-state index contributed by atoms with van der Waals surface area (Å²) in [5.74, 6) is 0.499. The van der Waals surface area contributed by atoms with Crippen molar-refractivity contribution in [2.75, 3.05) is 28.6 Å². The first-order valence-corrected chi connectivity index (χ1v) is 12.2. The highest BCUT2D eigenvalue weighted by Gasteiger charge is 2.32. The molecule has 3 atom stereocenters. The SMILES string of the molecule is [2H]C1NCc2cccc(Nc3nc(Nc4ccc(N5C[C@H]6CC[C@@H](C5)N6)cc4OC(F)F)ncc3Cl)c21. The zero-order valence-electron chi connectivity index (χ0n) is 20.3. The third-order valence-electron chi connectivity index (χ3n) is 6.74. The van der Waals surface area contributed by atoms with Crippen LogP contribution in [0.4, 0.5) is 37.6 Å². The second-order valence-corrected chi connectivity index (χ2v) is 9.55. The van der Waals surface area contributed by atoms with Crippen LogP contribution in [0.25, 0.3) is 0 Å². The lowest BCUT2D eigenvalue weighted by molar-refractivity contribution is -0.0493. The minimum Gasteiger partial charge on any atom is -0.433 e. The molecule has 3 aromatic rings. The summed E-state index contributed by atoms with van der Waals surface area (Å²) in [4.78, 5) is 10.9. The van der Waals surface area contributed by atoms with Gasteiger partial charge in [-0.2, -0.15) is 13.8 Å².